The molecule has 0 aliphatic rings. The van der Waals surface area contributed by atoms with E-state index < -0.39 is 6.03 Å². The molecule has 20 heavy (non-hydrogen) atoms. The second kappa shape index (κ2) is 5.90. The summed E-state index contributed by atoms with van der Waals surface area (Å²) >= 11 is 1.07. The maximum absolute atomic E-state index is 11.6. The molecule has 1 aromatic heterocycles. The lowest BCUT2D eigenvalue weighted by atomic mass is 10.3. The molecule has 0 spiro atoms. The Morgan fingerprint density at radius 3 is 2.95 bits per heavy atom. The second-order valence-corrected chi connectivity index (χ2v) is 4.55. The van der Waals surface area contributed by atoms with Gasteiger partial charge in [0.05, 0.1) is 6.57 Å². The Labute approximate surface area is 118 Å². The Hall–Kier alpha value is -2.79. The summed E-state index contributed by atoms with van der Waals surface area (Å²) in [6.07, 6.45) is 0. The van der Waals surface area contributed by atoms with Crippen molar-refractivity contribution in [3.05, 3.63) is 46.0 Å². The topological polar surface area (TPSA) is 90.4 Å². The maximum atomic E-state index is 11.6. The molecule has 2 aromatic rings. The molecule has 8 heteroatoms. The van der Waals surface area contributed by atoms with E-state index in [0.717, 1.165) is 11.5 Å². The summed E-state index contributed by atoms with van der Waals surface area (Å²) in [5.41, 5.74) is 0.900. The Bertz CT molecular complexity index is 728. The van der Waals surface area contributed by atoms with E-state index in [0.29, 0.717) is 16.4 Å². The monoisotopic (exact) mass is 289 g/mol. The number of hydrogen-bond acceptors (Lipinski definition) is 4. The van der Waals surface area contributed by atoms with Gasteiger partial charge >= 0.3 is 6.03 Å². The fourth-order valence-corrected chi connectivity index (χ4v) is 2.18. The number of H-pyrrole nitrogens is 1. The molecule has 0 radical (unpaired) electrons. The van der Waals surface area contributed by atoms with Crippen molar-refractivity contribution in [2.24, 2.45) is 0 Å². The molecule has 2 rings (SSSR count). The second-order valence-electron chi connectivity index (χ2n) is 3.73. The zero-order valence-corrected chi connectivity index (χ0v) is 11.3. The number of carbonyl (C=O) groups excluding carboxylic acids is 1. The van der Waals surface area contributed by atoms with Crippen molar-refractivity contribution in [2.45, 2.75) is 0 Å². The number of nitrogens with one attached hydrogen (secondary N) is 4. The van der Waals surface area contributed by atoms with Gasteiger partial charge in [0.2, 0.25) is 0 Å². The molecular formula is C12H11N5O2S. The van der Waals surface area contributed by atoms with E-state index >= 15 is 0 Å². The molecule has 0 atom stereocenters. The molecule has 0 aliphatic carbocycles. The minimum Gasteiger partial charge on any atom is -0.345 e. The van der Waals surface area contributed by atoms with Gasteiger partial charge in [0.1, 0.15) is 10.7 Å². The summed E-state index contributed by atoms with van der Waals surface area (Å²) in [7, 11) is 1.46. The van der Waals surface area contributed by atoms with E-state index in [4.69, 9.17) is 6.57 Å². The Morgan fingerprint density at radius 2 is 2.25 bits per heavy atom. The van der Waals surface area contributed by atoms with Gasteiger partial charge in [0, 0.05) is 12.7 Å². The van der Waals surface area contributed by atoms with E-state index in [1.807, 2.05) is 0 Å². The van der Waals surface area contributed by atoms with Gasteiger partial charge in [0.15, 0.2) is 5.69 Å². The number of aromatic nitrogens is 1. The van der Waals surface area contributed by atoms with Crippen LogP contribution in [0.15, 0.2) is 29.1 Å². The third-order valence-corrected chi connectivity index (χ3v) is 3.20. The number of aromatic amines is 1. The number of urea groups is 1. The van der Waals surface area contributed by atoms with Crippen molar-refractivity contribution in [1.82, 2.24) is 9.69 Å². The van der Waals surface area contributed by atoms with E-state index in [2.05, 4.69) is 25.2 Å². The van der Waals surface area contributed by atoms with E-state index in [1.165, 1.54) is 7.05 Å². The largest absolute Gasteiger partial charge is 0.345 e. The number of amides is 2. The number of benzene rings is 1. The highest BCUT2D eigenvalue weighted by Crippen LogP contribution is 2.28. The zero-order valence-electron chi connectivity index (χ0n) is 10.5. The highest BCUT2D eigenvalue weighted by molar-refractivity contribution is 7.11. The molecule has 0 saturated heterocycles. The minimum atomic E-state index is -0.480. The van der Waals surface area contributed by atoms with E-state index in [9.17, 15) is 9.59 Å². The summed E-state index contributed by atoms with van der Waals surface area (Å²) in [6, 6.07) is 6.36. The van der Waals surface area contributed by atoms with Gasteiger partial charge in [-0.15, -0.1) is 0 Å². The first-order valence-electron chi connectivity index (χ1n) is 5.59. The van der Waals surface area contributed by atoms with Gasteiger partial charge in [-0.1, -0.05) is 12.1 Å². The Kier molecular flexibility index (Phi) is 4.02. The van der Waals surface area contributed by atoms with Crippen molar-refractivity contribution < 1.29 is 4.79 Å². The van der Waals surface area contributed by atoms with Gasteiger partial charge < -0.3 is 16.0 Å². The van der Waals surface area contributed by atoms with Crippen LogP contribution in [0.4, 0.5) is 26.9 Å². The Morgan fingerprint density at radius 1 is 1.45 bits per heavy atom. The summed E-state index contributed by atoms with van der Waals surface area (Å²) in [4.78, 5) is 26.3. The molecule has 2 amide bonds. The fourth-order valence-electron chi connectivity index (χ4n) is 1.46. The van der Waals surface area contributed by atoms with Crippen LogP contribution in [-0.2, 0) is 0 Å². The van der Waals surface area contributed by atoms with Crippen molar-refractivity contribution in [1.29, 1.82) is 0 Å². The van der Waals surface area contributed by atoms with Crippen LogP contribution < -0.4 is 21.5 Å². The van der Waals surface area contributed by atoms with Crippen LogP contribution in [0, 0.1) is 6.57 Å². The molecule has 0 aliphatic heterocycles. The zero-order chi connectivity index (χ0) is 14.5. The molecule has 1 aromatic carbocycles. The lowest BCUT2D eigenvalue weighted by Gasteiger charge is -2.07. The molecule has 4 N–H and O–H groups in total. The molecule has 1 heterocycles. The predicted molar refractivity (Wildman–Crippen MR) is 79.0 cm³/mol. The number of carbonyl (C=O) groups is 1. The van der Waals surface area contributed by atoms with Crippen molar-refractivity contribution in [3.8, 4) is 0 Å². The molecular weight excluding hydrogens is 278 g/mol. The number of nitrogens with zero attached hydrogens (tertiary/aromatic N) is 1. The van der Waals surface area contributed by atoms with Crippen molar-refractivity contribution in [2.75, 3.05) is 17.7 Å². The highest BCUT2D eigenvalue weighted by Gasteiger charge is 2.13. The fraction of sp³-hybridized carbons (Fsp3) is 0.0833. The molecule has 0 bridgehead atoms. The summed E-state index contributed by atoms with van der Waals surface area (Å²) in [5, 5.41) is 8.30. The number of rotatable bonds is 3. The average molecular weight is 289 g/mol. The first kappa shape index (κ1) is 13.6. The normalized spacial score (nSPS) is 9.60. The minimum absolute atomic E-state index is 0.141. The van der Waals surface area contributed by atoms with Gasteiger partial charge in [-0.3, -0.25) is 9.17 Å². The summed E-state index contributed by atoms with van der Waals surface area (Å²) in [6.45, 7) is 6.96. The van der Waals surface area contributed by atoms with Crippen LogP contribution in [-0.4, -0.2) is 17.5 Å². The van der Waals surface area contributed by atoms with Crippen LogP contribution in [0.3, 0.4) is 0 Å². The molecule has 0 saturated carbocycles. The highest BCUT2D eigenvalue weighted by atomic mass is 32.1. The SMILES string of the molecule is [C-]#[N+]c1cccc(Nc2s[nH]c(=O)c2NC(=O)NC)c1. The third-order valence-electron chi connectivity index (χ3n) is 2.40. The van der Waals surface area contributed by atoms with Crippen LogP contribution >= 0.6 is 11.5 Å². The number of anilines is 3. The van der Waals surface area contributed by atoms with Crippen LogP contribution in [0.2, 0.25) is 0 Å². The van der Waals surface area contributed by atoms with Gasteiger partial charge in [-0.2, -0.15) is 0 Å². The van der Waals surface area contributed by atoms with Crippen molar-refractivity contribution >= 4 is 39.6 Å². The maximum Gasteiger partial charge on any atom is 0.319 e. The summed E-state index contributed by atoms with van der Waals surface area (Å²) < 4.78 is 2.54. The van der Waals surface area contributed by atoms with Crippen molar-refractivity contribution in [3.63, 3.8) is 0 Å². The number of hydrogen-bond donors (Lipinski definition) is 4. The smallest absolute Gasteiger partial charge is 0.319 e. The molecule has 102 valence electrons. The lowest BCUT2D eigenvalue weighted by Crippen LogP contribution is -2.27. The van der Waals surface area contributed by atoms with Crippen LogP contribution in [0.25, 0.3) is 4.85 Å². The van der Waals surface area contributed by atoms with E-state index in [1.54, 1.807) is 24.3 Å². The molecule has 0 unspecified atom stereocenters. The van der Waals surface area contributed by atoms with Crippen LogP contribution in [0.5, 0.6) is 0 Å². The molecule has 7 nitrogen and oxygen atoms in total. The third kappa shape index (κ3) is 2.96. The van der Waals surface area contributed by atoms with Crippen LogP contribution in [0.1, 0.15) is 0 Å². The van der Waals surface area contributed by atoms with Gasteiger partial charge in [0.25, 0.3) is 5.56 Å². The van der Waals surface area contributed by atoms with E-state index in [-0.39, 0.29) is 11.2 Å². The predicted octanol–water partition coefficient (Wildman–Crippen LogP) is 2.48. The lowest BCUT2D eigenvalue weighted by molar-refractivity contribution is 0.254. The first-order chi connectivity index (χ1) is 9.63. The average Bonchev–Trinajstić information content (AvgIpc) is 2.80. The van der Waals surface area contributed by atoms with Gasteiger partial charge in [-0.25, -0.2) is 9.64 Å². The molecule has 0 fully saturated rings. The standard InChI is InChI=1S/C12H11N5O2S/c1-13-7-4-3-5-8(6-7)15-11-9(10(18)17-20-11)16-12(19)14-2/h3-6,15H,2H3,(H,17,18)(H2,14,16,19). The van der Waals surface area contributed by atoms with Gasteiger partial charge in [-0.05, 0) is 23.7 Å². The Balaban J connectivity index is 2.27. The summed E-state index contributed by atoms with van der Waals surface area (Å²) in [5.74, 6) is 0. The quantitative estimate of drug-likeness (QED) is 0.654. The first-order valence-corrected chi connectivity index (χ1v) is 6.40.